The number of nitrogens with one attached hydrogen (secondary N) is 1. The van der Waals surface area contributed by atoms with Crippen LogP contribution in [0.15, 0.2) is 6.33 Å². The highest BCUT2D eigenvalue weighted by Gasteiger charge is 2.60. The van der Waals surface area contributed by atoms with E-state index in [9.17, 15) is 19.3 Å². The molecule has 0 aromatic carbocycles. The van der Waals surface area contributed by atoms with Gasteiger partial charge >= 0.3 is 13.9 Å². The maximum atomic E-state index is 13.3. The molecule has 2 fully saturated rings. The number of nitrogens with zero attached hydrogens (tertiary/aromatic N) is 4. The molecule has 2 aliphatic heterocycles. The number of aromatic nitrogens is 4. The van der Waals surface area contributed by atoms with Crippen LogP contribution in [0.1, 0.15) is 47.3 Å². The Morgan fingerprint density at radius 2 is 2.10 bits per heavy atom. The van der Waals surface area contributed by atoms with Crippen molar-refractivity contribution in [3.05, 3.63) is 6.33 Å². The van der Waals surface area contributed by atoms with Gasteiger partial charge in [-0.2, -0.15) is 9.97 Å². The molecule has 2 aromatic heterocycles. The van der Waals surface area contributed by atoms with Crippen LogP contribution in [0.2, 0.25) is 0 Å². The molecule has 18 heteroatoms. The summed E-state index contributed by atoms with van der Waals surface area (Å²) in [6.45, 7) is 9.10. The van der Waals surface area contributed by atoms with Crippen molar-refractivity contribution >= 4 is 47.9 Å². The highest BCUT2D eigenvalue weighted by Crippen LogP contribution is 2.59. The van der Waals surface area contributed by atoms with Gasteiger partial charge in [0.1, 0.15) is 17.8 Å². The second kappa shape index (κ2) is 13.0. The van der Waals surface area contributed by atoms with E-state index in [1.807, 2.05) is 0 Å². The van der Waals surface area contributed by atoms with Crippen molar-refractivity contribution in [1.29, 1.82) is 0 Å². The molecule has 42 heavy (non-hydrogen) atoms. The van der Waals surface area contributed by atoms with E-state index in [2.05, 4.69) is 20.3 Å². The normalized spacial score (nSPS) is 27.5. The number of anilines is 1. The molecule has 16 nitrogen and oxygen atoms in total. The van der Waals surface area contributed by atoms with Gasteiger partial charge in [-0.15, -0.1) is 0 Å². The van der Waals surface area contributed by atoms with E-state index >= 15 is 0 Å². The lowest BCUT2D eigenvalue weighted by molar-refractivity contribution is -0.118. The van der Waals surface area contributed by atoms with E-state index < -0.39 is 43.4 Å². The van der Waals surface area contributed by atoms with Gasteiger partial charge in [0.25, 0.3) is 0 Å². The number of alkyl carbamates (subject to hydrolysis) is 1. The summed E-state index contributed by atoms with van der Waals surface area (Å²) in [5.41, 5.74) is 4.02. The Morgan fingerprint density at radius 3 is 2.81 bits per heavy atom. The fourth-order valence-electron chi connectivity index (χ4n) is 4.50. The number of aliphatic hydroxyl groups is 1. The van der Waals surface area contributed by atoms with Crippen molar-refractivity contribution in [3.8, 4) is 5.88 Å². The van der Waals surface area contributed by atoms with Gasteiger partial charge in [0, 0.05) is 17.7 Å². The van der Waals surface area contributed by atoms with Crippen LogP contribution in [0.3, 0.4) is 0 Å². The monoisotopic (exact) mass is 632 g/mol. The van der Waals surface area contributed by atoms with E-state index in [0.717, 1.165) is 11.8 Å². The van der Waals surface area contributed by atoms with Gasteiger partial charge in [0.05, 0.1) is 32.8 Å². The van der Waals surface area contributed by atoms with E-state index in [1.54, 1.807) is 27.7 Å². The van der Waals surface area contributed by atoms with E-state index in [-0.39, 0.29) is 54.7 Å². The van der Waals surface area contributed by atoms with Gasteiger partial charge in [0.2, 0.25) is 11.8 Å². The topological polar surface area (TPSA) is 208 Å². The number of ether oxygens (including phenoxy) is 3. The smallest absolute Gasteiger partial charge is 0.475 e. The molecular weight excluding hydrogens is 595 g/mol. The minimum Gasteiger partial charge on any atom is -0.476 e. The predicted molar refractivity (Wildman–Crippen MR) is 151 cm³/mol. The highest BCUT2D eigenvalue weighted by atomic mass is 32.2. The average Bonchev–Trinajstić information content (AvgIpc) is 3.44. The minimum atomic E-state index is -4.09. The first-order valence-corrected chi connectivity index (χ1v) is 15.9. The number of nitrogens with two attached hydrogens (primary N) is 1. The minimum absolute atomic E-state index is 0.0479. The quantitative estimate of drug-likeness (QED) is 0.227. The number of fused-ring (bicyclic) bond motifs is 2. The number of amides is 1. The molecular formula is C24H37N6O10PS. The zero-order chi connectivity index (χ0) is 30.7. The molecule has 0 unspecified atom stereocenters. The number of phosphoric acid groups is 1. The Bertz CT molecular complexity index is 1340. The predicted octanol–water partition coefficient (Wildman–Crippen LogP) is 2.42. The number of phosphoric ester groups is 1. The van der Waals surface area contributed by atoms with Gasteiger partial charge in [-0.05, 0) is 27.2 Å². The Balaban J connectivity index is 1.33. The number of thioether (sulfide) groups is 1. The molecule has 4 rings (SSSR count). The number of imidazole rings is 1. The number of carbonyl (C=O) groups is 2. The van der Waals surface area contributed by atoms with Crippen molar-refractivity contribution in [2.45, 2.75) is 65.1 Å². The summed E-state index contributed by atoms with van der Waals surface area (Å²) in [4.78, 5) is 36.8. The number of rotatable bonds is 12. The molecule has 2 aromatic rings. The molecule has 0 spiro atoms. The zero-order valence-electron chi connectivity index (χ0n) is 24.1. The van der Waals surface area contributed by atoms with Crippen molar-refractivity contribution < 1.29 is 47.0 Å². The number of nitrogen functional groups attached to an aromatic ring is 1. The molecule has 0 saturated carbocycles. The largest absolute Gasteiger partial charge is 0.476 e. The summed E-state index contributed by atoms with van der Waals surface area (Å²) < 4.78 is 47.7. The molecule has 0 aliphatic carbocycles. The molecule has 0 bridgehead atoms. The number of carbonyl (C=O) groups excluding carboxylic acids is 2. The molecule has 2 saturated heterocycles. The number of hydrogen-bond donors (Lipinski definition) is 3. The van der Waals surface area contributed by atoms with E-state index in [0.29, 0.717) is 18.5 Å². The Morgan fingerprint density at radius 1 is 1.33 bits per heavy atom. The molecule has 4 N–H and O–H groups in total. The molecule has 4 heterocycles. The summed E-state index contributed by atoms with van der Waals surface area (Å²) in [5.74, 6) is 0.325. The molecule has 2 aliphatic rings. The summed E-state index contributed by atoms with van der Waals surface area (Å²) in [7, 11) is -4.09. The molecule has 5 atom stereocenters. The SMILES string of the molecule is CCOC(=O)NCCC(C)(C)C(=O)SCCO[P@]1(=O)OC[C@H]2O[C@@H](n3cnc4c(OCC)nc(N)nc43)[C@](C)(O)[C@@H]2O1. The Kier molecular flexibility index (Phi) is 10.0. The van der Waals surface area contributed by atoms with Crippen LogP contribution >= 0.6 is 19.6 Å². The Hall–Kier alpha value is -2.53. The van der Waals surface area contributed by atoms with Gasteiger partial charge < -0.3 is 30.4 Å². The van der Waals surface area contributed by atoms with Gasteiger partial charge in [-0.3, -0.25) is 22.9 Å². The summed E-state index contributed by atoms with van der Waals surface area (Å²) in [5, 5.41) is 14.0. The summed E-state index contributed by atoms with van der Waals surface area (Å²) >= 11 is 1.01. The number of hydrogen-bond acceptors (Lipinski definition) is 15. The van der Waals surface area contributed by atoms with Crippen molar-refractivity contribution in [3.63, 3.8) is 0 Å². The lowest BCUT2D eigenvalue weighted by Gasteiger charge is -2.35. The summed E-state index contributed by atoms with van der Waals surface area (Å²) in [6, 6.07) is 0. The van der Waals surface area contributed by atoms with Crippen LogP contribution in [0.25, 0.3) is 11.2 Å². The lowest BCUT2D eigenvalue weighted by Crippen LogP contribution is -2.47. The second-order valence-corrected chi connectivity index (χ2v) is 13.1. The average molecular weight is 633 g/mol. The standard InChI is InChI=1S/C24H37N6O10PS/c1-6-35-18-15-17(28-21(25)29-18)30(13-27-15)19-24(5,33)16-14(39-19)12-38-41(34,40-16)37-10-11-42-20(31)23(3,4)8-9-26-22(32)36-7-2/h13-14,16,19,33H,6-12H2,1-5H3,(H,26,32)(H2,25,28,29)/t14-,16-,19-,24-,41-/m1/s1. The van der Waals surface area contributed by atoms with Crippen LogP contribution in [-0.2, 0) is 32.4 Å². The van der Waals surface area contributed by atoms with Crippen LogP contribution < -0.4 is 15.8 Å². The third kappa shape index (κ3) is 6.98. The highest BCUT2D eigenvalue weighted by molar-refractivity contribution is 8.13. The van der Waals surface area contributed by atoms with Crippen LogP contribution in [0, 0.1) is 5.41 Å². The molecule has 0 radical (unpaired) electrons. The fourth-order valence-corrected chi connectivity index (χ4v) is 6.93. The van der Waals surface area contributed by atoms with Crippen LogP contribution in [0.4, 0.5) is 10.7 Å². The van der Waals surface area contributed by atoms with Crippen molar-refractivity contribution in [1.82, 2.24) is 24.8 Å². The van der Waals surface area contributed by atoms with Crippen LogP contribution in [0.5, 0.6) is 5.88 Å². The van der Waals surface area contributed by atoms with E-state index in [1.165, 1.54) is 17.8 Å². The first-order chi connectivity index (χ1) is 19.8. The van der Waals surface area contributed by atoms with Gasteiger partial charge in [-0.25, -0.2) is 14.3 Å². The maximum absolute atomic E-state index is 13.3. The third-order valence-corrected chi connectivity index (χ3v) is 9.35. The zero-order valence-corrected chi connectivity index (χ0v) is 25.8. The fraction of sp³-hybridized carbons (Fsp3) is 0.708. The second-order valence-electron chi connectivity index (χ2n) is 10.4. The van der Waals surface area contributed by atoms with Gasteiger partial charge in [0.15, 0.2) is 22.5 Å². The lowest BCUT2D eigenvalue weighted by atomic mass is 9.91. The first kappa shape index (κ1) is 32.4. The van der Waals surface area contributed by atoms with Crippen molar-refractivity contribution in [2.75, 3.05) is 44.5 Å². The van der Waals surface area contributed by atoms with E-state index in [4.69, 9.17) is 33.5 Å². The Labute approximate surface area is 246 Å². The molecule has 234 valence electrons. The maximum Gasteiger partial charge on any atom is 0.475 e. The first-order valence-electron chi connectivity index (χ1n) is 13.5. The summed E-state index contributed by atoms with van der Waals surface area (Å²) in [6.07, 6.45) is -1.63. The van der Waals surface area contributed by atoms with Crippen LogP contribution in [-0.4, -0.2) is 92.4 Å². The molecule has 1 amide bonds. The van der Waals surface area contributed by atoms with Gasteiger partial charge in [-0.1, -0.05) is 25.6 Å². The third-order valence-electron chi connectivity index (χ3n) is 6.71. The van der Waals surface area contributed by atoms with Crippen molar-refractivity contribution in [2.24, 2.45) is 5.41 Å².